The zero-order valence-electron chi connectivity index (χ0n) is 19.9. The van der Waals surface area contributed by atoms with Crippen LogP contribution in [0.1, 0.15) is 45.1 Å². The second kappa shape index (κ2) is 14.8. The molecule has 3 rings (SSSR count). The number of benzene rings is 1. The van der Waals surface area contributed by atoms with Gasteiger partial charge >= 0.3 is 0 Å². The van der Waals surface area contributed by atoms with Gasteiger partial charge in [0.1, 0.15) is 0 Å². The van der Waals surface area contributed by atoms with E-state index in [0.29, 0.717) is 12.5 Å². The van der Waals surface area contributed by atoms with Crippen molar-refractivity contribution < 1.29 is 14.2 Å². The Morgan fingerprint density at radius 3 is 2.66 bits per heavy atom. The summed E-state index contributed by atoms with van der Waals surface area (Å²) in [6.45, 7) is 11.4. The zero-order chi connectivity index (χ0) is 21.9. The molecule has 182 valence electrons. The van der Waals surface area contributed by atoms with Crippen LogP contribution in [-0.4, -0.2) is 70.0 Å². The number of rotatable bonds is 10. The van der Waals surface area contributed by atoms with E-state index in [2.05, 4.69) is 35.4 Å². The van der Waals surface area contributed by atoms with Crippen molar-refractivity contribution in [2.45, 2.75) is 52.2 Å². The van der Waals surface area contributed by atoms with Crippen LogP contribution in [-0.2, 0) is 11.3 Å². The minimum Gasteiger partial charge on any atom is -0.493 e. The number of methoxy groups -OCH3 is 1. The quantitative estimate of drug-likeness (QED) is 0.259. The Morgan fingerprint density at radius 1 is 1.22 bits per heavy atom. The van der Waals surface area contributed by atoms with Gasteiger partial charge in [-0.25, -0.2) is 4.99 Å². The van der Waals surface area contributed by atoms with E-state index in [-0.39, 0.29) is 30.1 Å². The van der Waals surface area contributed by atoms with Crippen LogP contribution >= 0.6 is 24.0 Å². The number of hydrogen-bond donors (Lipinski definition) is 2. The zero-order valence-corrected chi connectivity index (χ0v) is 22.2. The molecule has 1 saturated carbocycles. The maximum Gasteiger partial charge on any atom is 0.191 e. The van der Waals surface area contributed by atoms with E-state index in [1.807, 2.05) is 12.1 Å². The van der Waals surface area contributed by atoms with E-state index in [4.69, 9.17) is 19.2 Å². The van der Waals surface area contributed by atoms with Crippen molar-refractivity contribution in [2.75, 3.05) is 53.0 Å². The summed E-state index contributed by atoms with van der Waals surface area (Å²) in [5.41, 5.74) is 1.06. The SMILES string of the molecule is CCNC(=NCc1cccc(OC)c1OC1CCCC1)NCC(C)CN1CCOCC1.I. The smallest absolute Gasteiger partial charge is 0.191 e. The van der Waals surface area contributed by atoms with Gasteiger partial charge in [0.15, 0.2) is 17.5 Å². The Balaban J connectivity index is 0.00000363. The van der Waals surface area contributed by atoms with Crippen molar-refractivity contribution >= 4 is 29.9 Å². The van der Waals surface area contributed by atoms with E-state index in [0.717, 1.165) is 81.8 Å². The van der Waals surface area contributed by atoms with Crippen molar-refractivity contribution in [1.82, 2.24) is 15.5 Å². The van der Waals surface area contributed by atoms with Gasteiger partial charge < -0.3 is 24.8 Å². The molecule has 2 fully saturated rings. The summed E-state index contributed by atoms with van der Waals surface area (Å²) < 4.78 is 17.4. The molecule has 0 spiro atoms. The highest BCUT2D eigenvalue weighted by molar-refractivity contribution is 14.0. The molecule has 1 aromatic carbocycles. The molecular formula is C24H41IN4O3. The summed E-state index contributed by atoms with van der Waals surface area (Å²) in [4.78, 5) is 7.31. The maximum atomic E-state index is 6.35. The van der Waals surface area contributed by atoms with Crippen molar-refractivity contribution in [2.24, 2.45) is 10.9 Å². The van der Waals surface area contributed by atoms with Crippen LogP contribution in [0.15, 0.2) is 23.2 Å². The van der Waals surface area contributed by atoms with Crippen molar-refractivity contribution in [3.63, 3.8) is 0 Å². The monoisotopic (exact) mass is 560 g/mol. The maximum absolute atomic E-state index is 6.35. The van der Waals surface area contributed by atoms with Gasteiger partial charge in [-0.2, -0.15) is 0 Å². The number of nitrogens with one attached hydrogen (secondary N) is 2. The highest BCUT2D eigenvalue weighted by Crippen LogP contribution is 2.35. The van der Waals surface area contributed by atoms with E-state index in [9.17, 15) is 0 Å². The van der Waals surface area contributed by atoms with Gasteiger partial charge in [0, 0.05) is 38.3 Å². The predicted octanol–water partition coefficient (Wildman–Crippen LogP) is 3.66. The molecule has 0 radical (unpaired) electrons. The topological polar surface area (TPSA) is 67.4 Å². The van der Waals surface area contributed by atoms with Gasteiger partial charge in [0.25, 0.3) is 0 Å². The van der Waals surface area contributed by atoms with Gasteiger partial charge in [-0.05, 0) is 44.6 Å². The van der Waals surface area contributed by atoms with Gasteiger partial charge in [-0.1, -0.05) is 19.1 Å². The molecule has 1 saturated heterocycles. The molecule has 7 nitrogen and oxygen atoms in total. The van der Waals surface area contributed by atoms with Crippen LogP contribution < -0.4 is 20.1 Å². The van der Waals surface area contributed by atoms with Crippen LogP contribution in [0.25, 0.3) is 0 Å². The first kappa shape index (κ1) is 27.0. The number of nitrogens with zero attached hydrogens (tertiary/aromatic N) is 2. The standard InChI is InChI=1S/C24H40N4O3.HI/c1-4-25-24(26-16-19(2)18-28-12-14-30-15-13-28)27-17-20-8-7-11-22(29-3)23(20)31-21-9-5-6-10-21;/h7-8,11,19,21H,4-6,9-10,12-18H2,1-3H3,(H2,25,26,27);1H. The molecule has 0 aromatic heterocycles. The average Bonchev–Trinajstić information content (AvgIpc) is 3.30. The molecule has 1 heterocycles. The first-order valence-electron chi connectivity index (χ1n) is 11.8. The average molecular weight is 561 g/mol. The number of morpholine rings is 1. The Hall–Kier alpha value is -1.26. The number of ether oxygens (including phenoxy) is 3. The molecule has 1 aromatic rings. The second-order valence-corrected chi connectivity index (χ2v) is 8.57. The normalized spacial score (nSPS) is 18.7. The van der Waals surface area contributed by atoms with E-state index in [1.165, 1.54) is 12.8 Å². The molecule has 0 bridgehead atoms. The highest BCUT2D eigenvalue weighted by atomic mass is 127. The van der Waals surface area contributed by atoms with Crippen LogP contribution in [0.2, 0.25) is 0 Å². The van der Waals surface area contributed by atoms with Gasteiger partial charge in [-0.15, -0.1) is 24.0 Å². The molecule has 1 atom stereocenters. The van der Waals surface area contributed by atoms with Crippen LogP contribution in [0.3, 0.4) is 0 Å². The third-order valence-electron chi connectivity index (χ3n) is 5.91. The third-order valence-corrected chi connectivity index (χ3v) is 5.91. The predicted molar refractivity (Wildman–Crippen MR) is 141 cm³/mol. The van der Waals surface area contributed by atoms with Crippen molar-refractivity contribution in [3.05, 3.63) is 23.8 Å². The molecule has 0 amide bonds. The molecule has 2 N–H and O–H groups in total. The Morgan fingerprint density at radius 2 is 1.97 bits per heavy atom. The fourth-order valence-corrected chi connectivity index (χ4v) is 4.22. The molecular weight excluding hydrogens is 519 g/mol. The second-order valence-electron chi connectivity index (χ2n) is 8.57. The van der Waals surface area contributed by atoms with E-state index >= 15 is 0 Å². The van der Waals surface area contributed by atoms with Gasteiger partial charge in [-0.3, -0.25) is 4.90 Å². The number of aliphatic imine (C=N–C) groups is 1. The van der Waals surface area contributed by atoms with Crippen molar-refractivity contribution in [1.29, 1.82) is 0 Å². The van der Waals surface area contributed by atoms with E-state index in [1.54, 1.807) is 7.11 Å². The number of para-hydroxylation sites is 1. The molecule has 1 aliphatic carbocycles. The number of halogens is 1. The lowest BCUT2D eigenvalue weighted by atomic mass is 10.1. The Kier molecular flexibility index (Phi) is 12.5. The lowest BCUT2D eigenvalue weighted by molar-refractivity contribution is 0.0320. The highest BCUT2D eigenvalue weighted by Gasteiger charge is 2.20. The Labute approximate surface area is 210 Å². The fourth-order valence-electron chi connectivity index (χ4n) is 4.22. The molecule has 32 heavy (non-hydrogen) atoms. The first-order valence-corrected chi connectivity index (χ1v) is 11.8. The largest absolute Gasteiger partial charge is 0.493 e. The number of hydrogen-bond acceptors (Lipinski definition) is 5. The summed E-state index contributed by atoms with van der Waals surface area (Å²) >= 11 is 0. The summed E-state index contributed by atoms with van der Waals surface area (Å²) in [7, 11) is 1.70. The molecule has 8 heteroatoms. The molecule has 1 aliphatic heterocycles. The van der Waals surface area contributed by atoms with Gasteiger partial charge in [0.05, 0.1) is 33.0 Å². The van der Waals surface area contributed by atoms with E-state index < -0.39 is 0 Å². The molecule has 2 aliphatic rings. The minimum atomic E-state index is 0. The lowest BCUT2D eigenvalue weighted by Crippen LogP contribution is -2.44. The summed E-state index contributed by atoms with van der Waals surface area (Å²) in [6, 6.07) is 6.06. The minimum absolute atomic E-state index is 0. The fraction of sp³-hybridized carbons (Fsp3) is 0.708. The Bertz CT molecular complexity index is 692. The van der Waals surface area contributed by atoms with Gasteiger partial charge in [0.2, 0.25) is 0 Å². The summed E-state index contributed by atoms with van der Waals surface area (Å²) in [5.74, 6) is 3.00. The summed E-state index contributed by atoms with van der Waals surface area (Å²) in [5, 5.41) is 6.88. The summed E-state index contributed by atoms with van der Waals surface area (Å²) in [6.07, 6.45) is 5.00. The molecule has 1 unspecified atom stereocenters. The van der Waals surface area contributed by atoms with Crippen molar-refractivity contribution in [3.8, 4) is 11.5 Å². The third kappa shape index (κ3) is 8.59. The van der Waals surface area contributed by atoms with Crippen LogP contribution in [0.5, 0.6) is 11.5 Å². The van der Waals surface area contributed by atoms with Crippen LogP contribution in [0, 0.1) is 5.92 Å². The van der Waals surface area contributed by atoms with Crippen LogP contribution in [0.4, 0.5) is 0 Å². The lowest BCUT2D eigenvalue weighted by Gasteiger charge is -2.29. The number of guanidine groups is 1. The first-order chi connectivity index (χ1) is 15.2.